The Labute approximate surface area is 116 Å². The molecule has 0 radical (unpaired) electrons. The number of anilines is 1. The lowest BCUT2D eigenvalue weighted by Crippen LogP contribution is -2.34. The molecule has 0 spiro atoms. The van der Waals surface area contributed by atoms with Gasteiger partial charge in [0.2, 0.25) is 0 Å². The van der Waals surface area contributed by atoms with Gasteiger partial charge in [0.1, 0.15) is 5.82 Å². The van der Waals surface area contributed by atoms with Crippen molar-refractivity contribution in [3.05, 3.63) is 23.9 Å². The van der Waals surface area contributed by atoms with Crippen LogP contribution < -0.4 is 5.32 Å². The first-order chi connectivity index (χ1) is 9.10. The third kappa shape index (κ3) is 3.67. The van der Waals surface area contributed by atoms with Crippen molar-refractivity contribution < 1.29 is 0 Å². The number of aromatic nitrogens is 1. The lowest BCUT2D eigenvalue weighted by Gasteiger charge is -2.22. The quantitative estimate of drug-likeness (QED) is 0.878. The molecule has 2 rings (SSSR count). The van der Waals surface area contributed by atoms with Crippen molar-refractivity contribution in [3.63, 3.8) is 0 Å². The number of hydrogen-bond donors (Lipinski definition) is 1. The third-order valence-corrected chi connectivity index (χ3v) is 3.90. The fourth-order valence-electron chi connectivity index (χ4n) is 2.96. The van der Waals surface area contributed by atoms with Crippen LogP contribution >= 0.6 is 0 Å². The second kappa shape index (κ2) is 6.35. The van der Waals surface area contributed by atoms with Crippen LogP contribution in [0.1, 0.15) is 19.4 Å². The SMILES string of the molecule is CCNc1cc(CN2CC(C)C(N(C)C)C2)ccn1. The highest BCUT2D eigenvalue weighted by atomic mass is 15.2. The summed E-state index contributed by atoms with van der Waals surface area (Å²) >= 11 is 0. The fourth-order valence-corrected chi connectivity index (χ4v) is 2.96. The van der Waals surface area contributed by atoms with Crippen molar-refractivity contribution in [2.45, 2.75) is 26.4 Å². The Kier molecular flexibility index (Phi) is 4.77. The number of likely N-dealkylation sites (N-methyl/N-ethyl adjacent to an activating group) is 1. The van der Waals surface area contributed by atoms with E-state index in [0.29, 0.717) is 6.04 Å². The van der Waals surface area contributed by atoms with E-state index in [9.17, 15) is 0 Å². The highest BCUT2D eigenvalue weighted by Crippen LogP contribution is 2.22. The number of hydrogen-bond acceptors (Lipinski definition) is 4. The Balaban J connectivity index is 1.96. The molecule has 1 aliphatic rings. The molecule has 2 atom stereocenters. The van der Waals surface area contributed by atoms with Gasteiger partial charge < -0.3 is 10.2 Å². The van der Waals surface area contributed by atoms with Crippen LogP contribution in [-0.4, -0.2) is 54.6 Å². The molecule has 2 heterocycles. The highest BCUT2D eigenvalue weighted by molar-refractivity contribution is 5.37. The summed E-state index contributed by atoms with van der Waals surface area (Å²) in [5.74, 6) is 1.72. The summed E-state index contributed by atoms with van der Waals surface area (Å²) in [7, 11) is 4.36. The molecule has 1 aromatic rings. The van der Waals surface area contributed by atoms with Gasteiger partial charge in [0.25, 0.3) is 0 Å². The lowest BCUT2D eigenvalue weighted by atomic mass is 10.1. The van der Waals surface area contributed by atoms with E-state index in [4.69, 9.17) is 0 Å². The topological polar surface area (TPSA) is 31.4 Å². The van der Waals surface area contributed by atoms with Crippen molar-refractivity contribution in [2.24, 2.45) is 5.92 Å². The average molecular weight is 262 g/mol. The maximum Gasteiger partial charge on any atom is 0.126 e. The smallest absolute Gasteiger partial charge is 0.126 e. The van der Waals surface area contributed by atoms with Gasteiger partial charge in [-0.05, 0) is 44.6 Å². The van der Waals surface area contributed by atoms with Crippen LogP contribution in [0.2, 0.25) is 0 Å². The summed E-state index contributed by atoms with van der Waals surface area (Å²) in [6, 6.07) is 4.96. The summed E-state index contributed by atoms with van der Waals surface area (Å²) in [4.78, 5) is 9.21. The summed E-state index contributed by atoms with van der Waals surface area (Å²) in [6.07, 6.45) is 1.90. The summed E-state index contributed by atoms with van der Waals surface area (Å²) in [5, 5.41) is 3.27. The van der Waals surface area contributed by atoms with Gasteiger partial charge in [-0.1, -0.05) is 6.92 Å². The Morgan fingerprint density at radius 3 is 2.84 bits per heavy atom. The van der Waals surface area contributed by atoms with Crippen molar-refractivity contribution in [3.8, 4) is 0 Å². The van der Waals surface area contributed by atoms with Crippen molar-refractivity contribution >= 4 is 5.82 Å². The van der Waals surface area contributed by atoms with E-state index in [1.807, 2.05) is 6.20 Å². The second-order valence-corrected chi connectivity index (χ2v) is 5.78. The molecule has 1 aromatic heterocycles. The first kappa shape index (κ1) is 14.3. The van der Waals surface area contributed by atoms with E-state index in [1.54, 1.807) is 0 Å². The zero-order valence-electron chi connectivity index (χ0n) is 12.6. The monoisotopic (exact) mass is 262 g/mol. The molecule has 0 amide bonds. The molecule has 0 bridgehead atoms. The van der Waals surface area contributed by atoms with E-state index in [-0.39, 0.29) is 0 Å². The Morgan fingerprint density at radius 1 is 1.42 bits per heavy atom. The molecule has 1 aliphatic heterocycles. The van der Waals surface area contributed by atoms with E-state index in [2.05, 4.69) is 60.2 Å². The Hall–Kier alpha value is -1.13. The largest absolute Gasteiger partial charge is 0.370 e. The van der Waals surface area contributed by atoms with Crippen LogP contribution in [0.3, 0.4) is 0 Å². The molecule has 4 heteroatoms. The predicted octanol–water partition coefficient (Wildman–Crippen LogP) is 1.90. The summed E-state index contributed by atoms with van der Waals surface area (Å²) in [5.41, 5.74) is 1.34. The Bertz CT molecular complexity index is 405. The van der Waals surface area contributed by atoms with Crippen LogP contribution in [0.4, 0.5) is 5.82 Å². The first-order valence-electron chi connectivity index (χ1n) is 7.17. The molecule has 106 valence electrons. The molecule has 2 unspecified atom stereocenters. The first-order valence-corrected chi connectivity index (χ1v) is 7.17. The van der Waals surface area contributed by atoms with E-state index < -0.39 is 0 Å². The van der Waals surface area contributed by atoms with Crippen LogP contribution in [-0.2, 0) is 6.54 Å². The number of nitrogens with zero attached hydrogens (tertiary/aromatic N) is 3. The maximum absolute atomic E-state index is 4.32. The minimum Gasteiger partial charge on any atom is -0.370 e. The van der Waals surface area contributed by atoms with E-state index >= 15 is 0 Å². The molecule has 0 aliphatic carbocycles. The average Bonchev–Trinajstić information content (AvgIpc) is 2.71. The maximum atomic E-state index is 4.32. The van der Waals surface area contributed by atoms with E-state index in [0.717, 1.165) is 31.4 Å². The van der Waals surface area contributed by atoms with Gasteiger partial charge in [0.05, 0.1) is 0 Å². The van der Waals surface area contributed by atoms with Crippen LogP contribution in [0.5, 0.6) is 0 Å². The van der Waals surface area contributed by atoms with Gasteiger partial charge >= 0.3 is 0 Å². The normalized spacial score (nSPS) is 24.1. The molecule has 0 aromatic carbocycles. The van der Waals surface area contributed by atoms with Gasteiger partial charge in [-0.15, -0.1) is 0 Å². The standard InChI is InChI=1S/C15H26N4/c1-5-16-15-8-13(6-7-17-15)10-19-9-12(2)14(11-19)18(3)4/h6-8,12,14H,5,9-11H2,1-4H3,(H,16,17). The van der Waals surface area contributed by atoms with Crippen LogP contribution in [0.25, 0.3) is 0 Å². The van der Waals surface area contributed by atoms with E-state index in [1.165, 1.54) is 12.1 Å². The number of rotatable bonds is 5. The second-order valence-electron chi connectivity index (χ2n) is 5.78. The Morgan fingerprint density at radius 2 is 2.21 bits per heavy atom. The number of pyridine rings is 1. The highest BCUT2D eigenvalue weighted by Gasteiger charge is 2.30. The molecule has 0 saturated carbocycles. The minimum absolute atomic E-state index is 0.676. The molecular weight excluding hydrogens is 236 g/mol. The number of likely N-dealkylation sites (tertiary alicyclic amines) is 1. The van der Waals surface area contributed by atoms with Crippen molar-refractivity contribution in [1.82, 2.24) is 14.8 Å². The predicted molar refractivity (Wildman–Crippen MR) is 80.3 cm³/mol. The molecule has 4 nitrogen and oxygen atoms in total. The molecule has 1 N–H and O–H groups in total. The van der Waals surface area contributed by atoms with Gasteiger partial charge in [-0.2, -0.15) is 0 Å². The zero-order valence-corrected chi connectivity index (χ0v) is 12.6. The molecule has 1 fully saturated rings. The molecule has 1 saturated heterocycles. The van der Waals surface area contributed by atoms with Crippen molar-refractivity contribution in [2.75, 3.05) is 39.0 Å². The summed E-state index contributed by atoms with van der Waals surface area (Å²) in [6.45, 7) is 8.73. The summed E-state index contributed by atoms with van der Waals surface area (Å²) < 4.78 is 0. The zero-order chi connectivity index (χ0) is 13.8. The van der Waals surface area contributed by atoms with Crippen molar-refractivity contribution in [1.29, 1.82) is 0 Å². The van der Waals surface area contributed by atoms with Crippen LogP contribution in [0, 0.1) is 5.92 Å². The minimum atomic E-state index is 0.676. The third-order valence-electron chi connectivity index (χ3n) is 3.90. The molecular formula is C15H26N4. The van der Waals surface area contributed by atoms with Crippen LogP contribution in [0.15, 0.2) is 18.3 Å². The lowest BCUT2D eigenvalue weighted by molar-refractivity contribution is 0.250. The van der Waals surface area contributed by atoms with Gasteiger partial charge in [-0.3, -0.25) is 4.90 Å². The molecule has 19 heavy (non-hydrogen) atoms. The van der Waals surface area contributed by atoms with Gasteiger partial charge in [0.15, 0.2) is 0 Å². The fraction of sp³-hybridized carbons (Fsp3) is 0.667. The van der Waals surface area contributed by atoms with Gasteiger partial charge in [0, 0.05) is 38.4 Å². The van der Waals surface area contributed by atoms with Gasteiger partial charge in [-0.25, -0.2) is 4.98 Å². The number of nitrogens with one attached hydrogen (secondary N) is 1.